The summed E-state index contributed by atoms with van der Waals surface area (Å²) in [5.41, 5.74) is 1.81. The van der Waals surface area contributed by atoms with Crippen molar-refractivity contribution in [2.24, 2.45) is 0 Å². The molecule has 0 aliphatic rings. The topological polar surface area (TPSA) is 29.1 Å². The summed E-state index contributed by atoms with van der Waals surface area (Å²) >= 11 is 0. The molecule has 0 atom stereocenters. The molecule has 2 heteroatoms. The number of carbonyl (C=O) groups excluding carboxylic acids is 1. The van der Waals surface area contributed by atoms with Crippen molar-refractivity contribution in [1.82, 2.24) is 5.32 Å². The van der Waals surface area contributed by atoms with E-state index in [0.717, 1.165) is 11.3 Å². The third kappa shape index (κ3) is 3.40. The molecule has 0 fully saturated rings. The third-order valence-corrected chi connectivity index (χ3v) is 1.30. The summed E-state index contributed by atoms with van der Waals surface area (Å²) in [6.45, 7) is 7.34. The van der Waals surface area contributed by atoms with E-state index >= 15 is 0 Å². The standard InChI is InChI=1S/C9H13NO/c1-4-6-8(3)9(5-2)10-7-11/h4-7H,1H2,2-3H3,(H,10,11)/b8-6-,9-5-. The van der Waals surface area contributed by atoms with Gasteiger partial charge in [-0.2, -0.15) is 0 Å². The van der Waals surface area contributed by atoms with E-state index < -0.39 is 0 Å². The Labute approximate surface area is 67.3 Å². The van der Waals surface area contributed by atoms with Crippen molar-refractivity contribution >= 4 is 6.41 Å². The highest BCUT2D eigenvalue weighted by atomic mass is 16.1. The van der Waals surface area contributed by atoms with Gasteiger partial charge < -0.3 is 5.32 Å². The first kappa shape index (κ1) is 9.69. The Kier molecular flexibility index (Phi) is 4.82. The molecule has 0 aromatic rings. The van der Waals surface area contributed by atoms with Crippen LogP contribution in [0.5, 0.6) is 0 Å². The smallest absolute Gasteiger partial charge is 0.211 e. The Morgan fingerprint density at radius 2 is 2.18 bits per heavy atom. The van der Waals surface area contributed by atoms with Gasteiger partial charge in [-0.15, -0.1) is 0 Å². The van der Waals surface area contributed by atoms with Crippen molar-refractivity contribution in [3.63, 3.8) is 0 Å². The summed E-state index contributed by atoms with van der Waals surface area (Å²) in [7, 11) is 0. The molecule has 0 saturated heterocycles. The second kappa shape index (κ2) is 5.47. The molecule has 0 spiro atoms. The van der Waals surface area contributed by atoms with Gasteiger partial charge in [0.1, 0.15) is 0 Å². The fraction of sp³-hybridized carbons (Fsp3) is 0.222. The molecule has 0 aliphatic heterocycles. The quantitative estimate of drug-likeness (QED) is 0.481. The van der Waals surface area contributed by atoms with E-state index in [0.29, 0.717) is 6.41 Å². The molecule has 0 unspecified atom stereocenters. The normalized spacial score (nSPS) is 12.5. The predicted molar refractivity (Wildman–Crippen MR) is 46.9 cm³/mol. The molecule has 0 radical (unpaired) electrons. The lowest BCUT2D eigenvalue weighted by Gasteiger charge is -2.03. The van der Waals surface area contributed by atoms with Crippen molar-refractivity contribution in [2.75, 3.05) is 0 Å². The summed E-state index contributed by atoms with van der Waals surface area (Å²) in [6, 6.07) is 0. The van der Waals surface area contributed by atoms with E-state index in [9.17, 15) is 4.79 Å². The van der Waals surface area contributed by atoms with Gasteiger partial charge in [-0.1, -0.05) is 24.8 Å². The predicted octanol–water partition coefficient (Wildman–Crippen LogP) is 1.77. The largest absolute Gasteiger partial charge is 0.329 e. The number of amides is 1. The monoisotopic (exact) mass is 151 g/mol. The van der Waals surface area contributed by atoms with Crippen LogP contribution in [0.3, 0.4) is 0 Å². The zero-order chi connectivity index (χ0) is 8.69. The second-order valence-electron chi connectivity index (χ2n) is 2.05. The Bertz CT molecular complexity index is 202. The van der Waals surface area contributed by atoms with E-state index in [2.05, 4.69) is 11.9 Å². The average Bonchev–Trinajstić information content (AvgIpc) is 2.00. The van der Waals surface area contributed by atoms with Crippen LogP contribution in [0.25, 0.3) is 0 Å². The van der Waals surface area contributed by atoms with Gasteiger partial charge in [-0.05, 0) is 19.4 Å². The molecule has 1 amide bonds. The van der Waals surface area contributed by atoms with Crippen molar-refractivity contribution in [2.45, 2.75) is 13.8 Å². The fourth-order valence-electron chi connectivity index (χ4n) is 0.755. The number of nitrogens with one attached hydrogen (secondary N) is 1. The lowest BCUT2D eigenvalue weighted by molar-refractivity contribution is -0.108. The molecule has 0 aliphatic carbocycles. The number of allylic oxidation sites excluding steroid dienone is 4. The minimum atomic E-state index is 0.662. The highest BCUT2D eigenvalue weighted by Crippen LogP contribution is 2.03. The number of hydrogen-bond donors (Lipinski definition) is 1. The van der Waals surface area contributed by atoms with Gasteiger partial charge in [-0.3, -0.25) is 4.79 Å². The minimum Gasteiger partial charge on any atom is -0.329 e. The van der Waals surface area contributed by atoms with Crippen molar-refractivity contribution in [3.8, 4) is 0 Å². The number of hydrogen-bond acceptors (Lipinski definition) is 1. The van der Waals surface area contributed by atoms with Crippen LogP contribution >= 0.6 is 0 Å². The van der Waals surface area contributed by atoms with Gasteiger partial charge in [-0.25, -0.2) is 0 Å². The van der Waals surface area contributed by atoms with E-state index in [-0.39, 0.29) is 0 Å². The molecule has 11 heavy (non-hydrogen) atoms. The Morgan fingerprint density at radius 1 is 1.55 bits per heavy atom. The fourth-order valence-corrected chi connectivity index (χ4v) is 0.755. The van der Waals surface area contributed by atoms with Crippen LogP contribution < -0.4 is 5.32 Å². The second-order valence-corrected chi connectivity index (χ2v) is 2.05. The first-order chi connectivity index (χ1) is 5.26. The average molecular weight is 151 g/mol. The van der Waals surface area contributed by atoms with E-state index in [4.69, 9.17) is 0 Å². The lowest BCUT2D eigenvalue weighted by atomic mass is 10.2. The molecule has 0 bridgehead atoms. The van der Waals surface area contributed by atoms with Gasteiger partial charge in [0.2, 0.25) is 6.41 Å². The highest BCUT2D eigenvalue weighted by molar-refractivity contribution is 5.53. The first-order valence-corrected chi connectivity index (χ1v) is 3.42. The molecule has 0 aromatic heterocycles. The van der Waals surface area contributed by atoms with Crippen LogP contribution in [0, 0.1) is 0 Å². The molecular formula is C9H13NO. The Balaban J connectivity index is 4.38. The maximum atomic E-state index is 10.1. The summed E-state index contributed by atoms with van der Waals surface area (Å²) in [6.07, 6.45) is 6.02. The van der Waals surface area contributed by atoms with Gasteiger partial charge >= 0.3 is 0 Å². The zero-order valence-corrected chi connectivity index (χ0v) is 6.92. The van der Waals surface area contributed by atoms with Crippen LogP contribution in [-0.4, -0.2) is 6.41 Å². The molecule has 1 N–H and O–H groups in total. The molecule has 0 heterocycles. The maximum absolute atomic E-state index is 10.1. The highest BCUT2D eigenvalue weighted by Gasteiger charge is 1.93. The van der Waals surface area contributed by atoms with E-state index in [1.54, 1.807) is 6.08 Å². The minimum absolute atomic E-state index is 0.662. The summed E-state index contributed by atoms with van der Waals surface area (Å²) in [5.74, 6) is 0. The van der Waals surface area contributed by atoms with E-state index in [1.807, 2.05) is 26.0 Å². The van der Waals surface area contributed by atoms with Gasteiger partial charge in [0.05, 0.1) is 0 Å². The molecular weight excluding hydrogens is 138 g/mol. The molecule has 2 nitrogen and oxygen atoms in total. The summed E-state index contributed by atoms with van der Waals surface area (Å²) in [5, 5.41) is 2.58. The van der Waals surface area contributed by atoms with Gasteiger partial charge in [0, 0.05) is 5.70 Å². The Hall–Kier alpha value is -1.31. The molecule has 0 saturated carbocycles. The van der Waals surface area contributed by atoms with Gasteiger partial charge in [0.25, 0.3) is 0 Å². The van der Waals surface area contributed by atoms with Crippen molar-refractivity contribution < 1.29 is 4.79 Å². The van der Waals surface area contributed by atoms with Gasteiger partial charge in [0.15, 0.2) is 0 Å². The number of rotatable bonds is 4. The summed E-state index contributed by atoms with van der Waals surface area (Å²) in [4.78, 5) is 10.1. The van der Waals surface area contributed by atoms with Crippen LogP contribution in [0.2, 0.25) is 0 Å². The van der Waals surface area contributed by atoms with Crippen LogP contribution in [0.15, 0.2) is 36.1 Å². The zero-order valence-electron chi connectivity index (χ0n) is 6.92. The SMILES string of the molecule is C=C/C=C(C)\C(=C\C)NC=O. The molecule has 0 rings (SSSR count). The first-order valence-electron chi connectivity index (χ1n) is 3.42. The van der Waals surface area contributed by atoms with E-state index in [1.165, 1.54) is 0 Å². The number of carbonyl (C=O) groups is 1. The molecule has 0 aromatic carbocycles. The molecule has 60 valence electrons. The van der Waals surface area contributed by atoms with Crippen LogP contribution in [-0.2, 0) is 4.79 Å². The third-order valence-electron chi connectivity index (χ3n) is 1.30. The van der Waals surface area contributed by atoms with Crippen LogP contribution in [0.1, 0.15) is 13.8 Å². The lowest BCUT2D eigenvalue weighted by Crippen LogP contribution is -2.10. The van der Waals surface area contributed by atoms with Crippen LogP contribution in [0.4, 0.5) is 0 Å². The Morgan fingerprint density at radius 3 is 2.55 bits per heavy atom. The summed E-state index contributed by atoms with van der Waals surface area (Å²) < 4.78 is 0. The maximum Gasteiger partial charge on any atom is 0.211 e. The van der Waals surface area contributed by atoms with Crippen molar-refractivity contribution in [1.29, 1.82) is 0 Å². The van der Waals surface area contributed by atoms with Crippen molar-refractivity contribution in [3.05, 3.63) is 36.1 Å².